The van der Waals surface area contributed by atoms with Gasteiger partial charge in [0.05, 0.1) is 17.9 Å². The number of hydrogen-bond donors (Lipinski definition) is 2. The van der Waals surface area contributed by atoms with Crippen molar-refractivity contribution in [3.05, 3.63) is 24.2 Å². The lowest BCUT2D eigenvalue weighted by Gasteiger charge is -2.27. The number of rotatable bonds is 2. The fourth-order valence-electron chi connectivity index (χ4n) is 1.05. The van der Waals surface area contributed by atoms with Crippen molar-refractivity contribution in [3.8, 4) is 0 Å². The SMILES string of the molecule is O=C(NC1CNC1)c1ccoc1. The molecular weight excluding hydrogens is 156 g/mol. The van der Waals surface area contributed by atoms with E-state index < -0.39 is 0 Å². The maximum atomic E-state index is 11.3. The minimum Gasteiger partial charge on any atom is -0.472 e. The Morgan fingerprint density at radius 2 is 2.50 bits per heavy atom. The molecule has 1 aliphatic rings. The predicted octanol–water partition coefficient (Wildman–Crippen LogP) is -0.0188. The third-order valence-corrected chi connectivity index (χ3v) is 1.90. The van der Waals surface area contributed by atoms with Crippen molar-refractivity contribution in [1.29, 1.82) is 0 Å². The van der Waals surface area contributed by atoms with Crippen LogP contribution in [0.3, 0.4) is 0 Å². The van der Waals surface area contributed by atoms with Gasteiger partial charge < -0.3 is 15.1 Å². The molecule has 2 rings (SSSR count). The number of furan rings is 1. The molecule has 0 aliphatic carbocycles. The van der Waals surface area contributed by atoms with Gasteiger partial charge in [0.15, 0.2) is 0 Å². The Kier molecular flexibility index (Phi) is 1.83. The quantitative estimate of drug-likeness (QED) is 0.649. The van der Waals surface area contributed by atoms with Gasteiger partial charge in [-0.05, 0) is 6.07 Å². The highest BCUT2D eigenvalue weighted by atomic mass is 16.3. The van der Waals surface area contributed by atoms with Crippen LogP contribution in [0.1, 0.15) is 10.4 Å². The summed E-state index contributed by atoms with van der Waals surface area (Å²) >= 11 is 0. The summed E-state index contributed by atoms with van der Waals surface area (Å²) in [5, 5.41) is 5.93. The lowest BCUT2D eigenvalue weighted by molar-refractivity contribution is 0.0923. The van der Waals surface area contributed by atoms with Crippen LogP contribution in [0.2, 0.25) is 0 Å². The second-order valence-corrected chi connectivity index (χ2v) is 2.84. The summed E-state index contributed by atoms with van der Waals surface area (Å²) < 4.78 is 4.79. The summed E-state index contributed by atoms with van der Waals surface area (Å²) in [6.45, 7) is 1.73. The molecule has 0 aromatic carbocycles. The van der Waals surface area contributed by atoms with E-state index in [0.29, 0.717) is 5.56 Å². The molecule has 2 heterocycles. The number of carbonyl (C=O) groups excluding carboxylic acids is 1. The van der Waals surface area contributed by atoms with E-state index in [9.17, 15) is 4.79 Å². The smallest absolute Gasteiger partial charge is 0.254 e. The van der Waals surface area contributed by atoms with Gasteiger partial charge in [-0.15, -0.1) is 0 Å². The van der Waals surface area contributed by atoms with Crippen LogP contribution in [0.5, 0.6) is 0 Å². The van der Waals surface area contributed by atoms with Crippen molar-refractivity contribution >= 4 is 5.91 Å². The first-order chi connectivity index (χ1) is 5.86. The lowest BCUT2D eigenvalue weighted by Crippen LogP contribution is -2.56. The third-order valence-electron chi connectivity index (χ3n) is 1.90. The molecule has 0 unspecified atom stereocenters. The molecule has 1 amide bonds. The molecule has 0 bridgehead atoms. The zero-order chi connectivity index (χ0) is 8.39. The van der Waals surface area contributed by atoms with E-state index >= 15 is 0 Å². The molecule has 1 aromatic heterocycles. The standard InChI is InChI=1S/C8H10N2O2/c11-8(6-1-2-12-5-6)10-7-3-9-4-7/h1-2,5,7,9H,3-4H2,(H,10,11). The zero-order valence-electron chi connectivity index (χ0n) is 6.54. The predicted molar refractivity (Wildman–Crippen MR) is 42.8 cm³/mol. The maximum absolute atomic E-state index is 11.3. The Morgan fingerprint density at radius 3 is 3.00 bits per heavy atom. The molecule has 64 valence electrons. The average Bonchev–Trinajstić information content (AvgIpc) is 2.47. The zero-order valence-corrected chi connectivity index (χ0v) is 6.54. The molecule has 0 saturated carbocycles. The Morgan fingerprint density at radius 1 is 1.67 bits per heavy atom. The minimum atomic E-state index is -0.0600. The first-order valence-corrected chi connectivity index (χ1v) is 3.90. The van der Waals surface area contributed by atoms with Gasteiger partial charge in [-0.1, -0.05) is 0 Å². The van der Waals surface area contributed by atoms with Gasteiger partial charge in [-0.2, -0.15) is 0 Å². The van der Waals surface area contributed by atoms with Crippen LogP contribution in [0.25, 0.3) is 0 Å². The molecule has 0 radical (unpaired) electrons. The first kappa shape index (κ1) is 7.36. The average molecular weight is 166 g/mol. The number of hydrogen-bond acceptors (Lipinski definition) is 3. The maximum Gasteiger partial charge on any atom is 0.254 e. The highest BCUT2D eigenvalue weighted by Crippen LogP contribution is 2.01. The topological polar surface area (TPSA) is 54.3 Å². The van der Waals surface area contributed by atoms with E-state index in [2.05, 4.69) is 10.6 Å². The van der Waals surface area contributed by atoms with Gasteiger partial charge in [0, 0.05) is 13.1 Å². The molecule has 1 aliphatic heterocycles. The molecule has 4 nitrogen and oxygen atoms in total. The van der Waals surface area contributed by atoms with E-state index in [4.69, 9.17) is 4.42 Å². The summed E-state index contributed by atoms with van der Waals surface area (Å²) in [5.74, 6) is -0.0600. The summed E-state index contributed by atoms with van der Waals surface area (Å²) in [4.78, 5) is 11.3. The summed E-state index contributed by atoms with van der Waals surface area (Å²) in [6.07, 6.45) is 2.94. The summed E-state index contributed by atoms with van der Waals surface area (Å²) in [6, 6.07) is 1.94. The van der Waals surface area contributed by atoms with Gasteiger partial charge in [-0.25, -0.2) is 0 Å². The van der Waals surface area contributed by atoms with E-state index in [-0.39, 0.29) is 11.9 Å². The summed E-state index contributed by atoms with van der Waals surface area (Å²) in [7, 11) is 0. The fourth-order valence-corrected chi connectivity index (χ4v) is 1.05. The summed E-state index contributed by atoms with van der Waals surface area (Å²) in [5.41, 5.74) is 0.585. The highest BCUT2D eigenvalue weighted by molar-refractivity contribution is 5.94. The minimum absolute atomic E-state index is 0.0600. The largest absolute Gasteiger partial charge is 0.472 e. The number of carbonyl (C=O) groups is 1. The van der Waals surface area contributed by atoms with Crippen LogP contribution in [-0.2, 0) is 0 Å². The molecule has 12 heavy (non-hydrogen) atoms. The molecular formula is C8H10N2O2. The first-order valence-electron chi connectivity index (χ1n) is 3.90. The Labute approximate surface area is 69.9 Å². The second kappa shape index (κ2) is 2.98. The lowest BCUT2D eigenvalue weighted by atomic mass is 10.1. The van der Waals surface area contributed by atoms with Crippen molar-refractivity contribution < 1.29 is 9.21 Å². The van der Waals surface area contributed by atoms with Gasteiger partial charge in [0.25, 0.3) is 5.91 Å². The Bertz CT molecular complexity index is 265. The monoisotopic (exact) mass is 166 g/mol. The molecule has 0 spiro atoms. The van der Waals surface area contributed by atoms with Crippen molar-refractivity contribution in [2.45, 2.75) is 6.04 Å². The fraction of sp³-hybridized carbons (Fsp3) is 0.375. The molecule has 4 heteroatoms. The van der Waals surface area contributed by atoms with Crippen molar-refractivity contribution in [2.24, 2.45) is 0 Å². The highest BCUT2D eigenvalue weighted by Gasteiger charge is 2.19. The van der Waals surface area contributed by atoms with Crippen LogP contribution in [0.4, 0.5) is 0 Å². The van der Waals surface area contributed by atoms with Crippen molar-refractivity contribution in [2.75, 3.05) is 13.1 Å². The molecule has 1 aromatic rings. The van der Waals surface area contributed by atoms with Gasteiger partial charge in [-0.3, -0.25) is 4.79 Å². The van der Waals surface area contributed by atoms with E-state index in [0.717, 1.165) is 13.1 Å². The number of nitrogens with one attached hydrogen (secondary N) is 2. The van der Waals surface area contributed by atoms with E-state index in [1.54, 1.807) is 6.07 Å². The van der Waals surface area contributed by atoms with E-state index in [1.165, 1.54) is 12.5 Å². The van der Waals surface area contributed by atoms with Gasteiger partial charge >= 0.3 is 0 Å². The Hall–Kier alpha value is -1.29. The van der Waals surface area contributed by atoms with E-state index in [1.807, 2.05) is 0 Å². The van der Waals surface area contributed by atoms with Gasteiger partial charge in [0.1, 0.15) is 6.26 Å². The molecule has 2 N–H and O–H groups in total. The van der Waals surface area contributed by atoms with Crippen molar-refractivity contribution in [1.82, 2.24) is 10.6 Å². The molecule has 1 saturated heterocycles. The number of amides is 1. The van der Waals surface area contributed by atoms with Crippen LogP contribution < -0.4 is 10.6 Å². The second-order valence-electron chi connectivity index (χ2n) is 2.84. The molecule has 1 fully saturated rings. The van der Waals surface area contributed by atoms with Gasteiger partial charge in [0.2, 0.25) is 0 Å². The normalized spacial score (nSPS) is 17.0. The van der Waals surface area contributed by atoms with Crippen LogP contribution >= 0.6 is 0 Å². The van der Waals surface area contributed by atoms with Crippen molar-refractivity contribution in [3.63, 3.8) is 0 Å². The Balaban J connectivity index is 1.92. The van der Waals surface area contributed by atoms with Crippen LogP contribution in [0, 0.1) is 0 Å². The van der Waals surface area contributed by atoms with Crippen LogP contribution in [0.15, 0.2) is 23.0 Å². The van der Waals surface area contributed by atoms with Crippen LogP contribution in [-0.4, -0.2) is 25.0 Å². The third kappa shape index (κ3) is 1.33. The molecule has 0 atom stereocenters.